The van der Waals surface area contributed by atoms with Crippen LogP contribution in [0.1, 0.15) is 0 Å². The molecule has 0 aromatic heterocycles. The van der Waals surface area contributed by atoms with E-state index in [9.17, 15) is 8.42 Å². The van der Waals surface area contributed by atoms with Crippen molar-refractivity contribution < 1.29 is 13.2 Å². The predicted octanol–water partition coefficient (Wildman–Crippen LogP) is 0.339. The number of morpholine rings is 1. The summed E-state index contributed by atoms with van der Waals surface area (Å²) in [6, 6.07) is 0. The van der Waals surface area contributed by atoms with Gasteiger partial charge in [0.25, 0.3) is 0 Å². The molecule has 5 nitrogen and oxygen atoms in total. The van der Waals surface area contributed by atoms with E-state index < -0.39 is 9.84 Å². The molecule has 0 aliphatic carbocycles. The molecule has 2 aliphatic heterocycles. The average Bonchev–Trinajstić information content (AvgIpc) is 2.41. The van der Waals surface area contributed by atoms with Crippen LogP contribution < -0.4 is 0 Å². The molecule has 0 unspecified atom stereocenters. The monoisotopic (exact) mass is 294 g/mol. The number of hydrogen-bond donors (Lipinski definition) is 0. The largest absolute Gasteiger partial charge is 0.379 e. The average molecular weight is 295 g/mol. The van der Waals surface area contributed by atoms with E-state index in [4.69, 9.17) is 4.74 Å². The molecule has 7 heteroatoms. The van der Waals surface area contributed by atoms with Gasteiger partial charge in [-0.1, -0.05) is 0 Å². The van der Waals surface area contributed by atoms with Gasteiger partial charge in [0.05, 0.1) is 25.2 Å². The molecule has 1 saturated heterocycles. The van der Waals surface area contributed by atoms with E-state index >= 15 is 0 Å². The number of hydrogen-bond acceptors (Lipinski definition) is 5. The first-order chi connectivity index (χ1) is 7.08. The minimum absolute atomic E-state index is 0.219. The fourth-order valence-corrected chi connectivity index (χ4v) is 3.58. The van der Waals surface area contributed by atoms with Crippen LogP contribution in [0.5, 0.6) is 0 Å². The molecule has 0 aromatic carbocycles. The van der Waals surface area contributed by atoms with E-state index in [1.807, 2.05) is 4.90 Å². The van der Waals surface area contributed by atoms with Gasteiger partial charge < -0.3 is 4.74 Å². The Hall–Kier alpha value is -0.240. The zero-order valence-corrected chi connectivity index (χ0v) is 10.4. The SMILES string of the molecule is O=S1(=O)C=C(Br)N=C1CN1CCOCC1. The molecule has 0 aromatic rings. The molecule has 0 saturated carbocycles. The first kappa shape index (κ1) is 11.3. The summed E-state index contributed by atoms with van der Waals surface area (Å²) in [5, 5.41) is 1.36. The maximum Gasteiger partial charge on any atom is 0.217 e. The lowest BCUT2D eigenvalue weighted by Gasteiger charge is -2.25. The number of rotatable bonds is 2. The normalized spacial score (nSPS) is 26.2. The third kappa shape index (κ3) is 2.66. The first-order valence-corrected chi connectivity index (χ1v) is 6.92. The lowest BCUT2D eigenvalue weighted by Crippen LogP contribution is -2.40. The van der Waals surface area contributed by atoms with Crippen LogP contribution in [-0.4, -0.2) is 51.2 Å². The Morgan fingerprint density at radius 1 is 1.47 bits per heavy atom. The van der Waals surface area contributed by atoms with Crippen molar-refractivity contribution in [2.24, 2.45) is 4.99 Å². The summed E-state index contributed by atoms with van der Waals surface area (Å²) in [6.45, 7) is 3.19. The molecule has 2 heterocycles. The lowest BCUT2D eigenvalue weighted by atomic mass is 10.4. The van der Waals surface area contributed by atoms with Crippen LogP contribution in [0.4, 0.5) is 0 Å². The van der Waals surface area contributed by atoms with E-state index in [0.29, 0.717) is 24.4 Å². The van der Waals surface area contributed by atoms with Crippen molar-refractivity contribution in [2.75, 3.05) is 32.8 Å². The van der Waals surface area contributed by atoms with Crippen LogP contribution in [-0.2, 0) is 14.6 Å². The Balaban J connectivity index is 2.04. The van der Waals surface area contributed by atoms with Crippen LogP contribution in [0, 0.1) is 0 Å². The Bertz CT molecular complexity index is 410. The smallest absolute Gasteiger partial charge is 0.217 e. The van der Waals surface area contributed by atoms with Crippen LogP contribution in [0.3, 0.4) is 0 Å². The van der Waals surface area contributed by atoms with Crippen LogP contribution in [0.25, 0.3) is 0 Å². The quantitative estimate of drug-likeness (QED) is 0.689. The van der Waals surface area contributed by atoms with Gasteiger partial charge in [-0.25, -0.2) is 13.4 Å². The molecule has 0 atom stereocenters. The topological polar surface area (TPSA) is 59.0 Å². The van der Waals surface area contributed by atoms with Crippen LogP contribution >= 0.6 is 15.9 Å². The van der Waals surface area contributed by atoms with E-state index in [0.717, 1.165) is 18.5 Å². The standard InChI is InChI=1S/C8H11BrN2O3S/c9-7-6-15(12,13)8(10-7)5-11-1-3-14-4-2-11/h6H,1-5H2. The molecule has 0 radical (unpaired) electrons. The van der Waals surface area contributed by atoms with Gasteiger partial charge >= 0.3 is 0 Å². The van der Waals surface area contributed by atoms with Crippen LogP contribution in [0.2, 0.25) is 0 Å². The van der Waals surface area contributed by atoms with Gasteiger partial charge in [-0.3, -0.25) is 4.90 Å². The fraction of sp³-hybridized carbons (Fsp3) is 0.625. The highest BCUT2D eigenvalue weighted by Crippen LogP contribution is 2.20. The maximum absolute atomic E-state index is 11.6. The number of nitrogens with zero attached hydrogens (tertiary/aromatic N) is 2. The molecule has 1 fully saturated rings. The summed E-state index contributed by atoms with van der Waals surface area (Å²) < 4.78 is 28.7. The highest BCUT2D eigenvalue weighted by atomic mass is 79.9. The summed E-state index contributed by atoms with van der Waals surface area (Å²) in [7, 11) is -3.28. The third-order valence-electron chi connectivity index (χ3n) is 2.27. The first-order valence-electron chi connectivity index (χ1n) is 4.58. The van der Waals surface area contributed by atoms with Gasteiger partial charge in [0.1, 0.15) is 4.61 Å². The highest BCUT2D eigenvalue weighted by molar-refractivity contribution is 9.11. The molecular formula is C8H11BrN2O3S. The molecule has 0 bridgehead atoms. The van der Waals surface area contributed by atoms with Gasteiger partial charge in [0, 0.05) is 13.1 Å². The minimum Gasteiger partial charge on any atom is -0.379 e. The summed E-state index contributed by atoms with van der Waals surface area (Å²) >= 11 is 3.07. The summed E-state index contributed by atoms with van der Waals surface area (Å²) in [6.07, 6.45) is 0. The molecule has 2 rings (SSSR count). The lowest BCUT2D eigenvalue weighted by molar-refractivity contribution is 0.0455. The molecule has 0 amide bonds. The van der Waals surface area contributed by atoms with E-state index in [2.05, 4.69) is 20.9 Å². The van der Waals surface area contributed by atoms with Crippen molar-refractivity contribution in [2.45, 2.75) is 0 Å². The van der Waals surface area contributed by atoms with Crippen molar-refractivity contribution in [3.8, 4) is 0 Å². The van der Waals surface area contributed by atoms with Gasteiger partial charge in [-0.15, -0.1) is 0 Å². The molecule has 15 heavy (non-hydrogen) atoms. The number of halogens is 1. The Morgan fingerprint density at radius 2 is 2.13 bits per heavy atom. The summed E-state index contributed by atoms with van der Waals surface area (Å²) in [4.78, 5) is 5.99. The van der Waals surface area contributed by atoms with Crippen molar-refractivity contribution in [1.82, 2.24) is 4.90 Å². The number of aliphatic imine (C=N–C) groups is 1. The molecule has 0 N–H and O–H groups in total. The fourth-order valence-electron chi connectivity index (χ4n) is 1.48. The highest BCUT2D eigenvalue weighted by Gasteiger charge is 2.26. The number of sulfone groups is 1. The van der Waals surface area contributed by atoms with E-state index in [1.54, 1.807) is 0 Å². The van der Waals surface area contributed by atoms with Crippen molar-refractivity contribution >= 4 is 30.8 Å². The summed E-state index contributed by atoms with van der Waals surface area (Å²) in [5.41, 5.74) is 0. The second kappa shape index (κ2) is 4.32. The van der Waals surface area contributed by atoms with Gasteiger partial charge in [-0.05, 0) is 15.9 Å². The van der Waals surface area contributed by atoms with E-state index in [1.165, 1.54) is 0 Å². The second-order valence-corrected chi connectivity index (χ2v) is 5.99. The van der Waals surface area contributed by atoms with Gasteiger partial charge in [-0.2, -0.15) is 0 Å². The van der Waals surface area contributed by atoms with Crippen molar-refractivity contribution in [3.63, 3.8) is 0 Å². The predicted molar refractivity (Wildman–Crippen MR) is 60.6 cm³/mol. The second-order valence-electron chi connectivity index (χ2n) is 3.38. The van der Waals surface area contributed by atoms with Crippen molar-refractivity contribution in [1.29, 1.82) is 0 Å². The Kier molecular flexibility index (Phi) is 3.24. The van der Waals surface area contributed by atoms with E-state index in [-0.39, 0.29) is 5.04 Å². The molecular weight excluding hydrogens is 284 g/mol. The van der Waals surface area contributed by atoms with Gasteiger partial charge in [0.15, 0.2) is 5.04 Å². The molecule has 84 valence electrons. The Labute approximate surface area is 96.9 Å². The molecule has 2 aliphatic rings. The maximum atomic E-state index is 11.6. The van der Waals surface area contributed by atoms with Crippen molar-refractivity contribution in [3.05, 3.63) is 10.0 Å². The third-order valence-corrected chi connectivity index (χ3v) is 4.39. The minimum atomic E-state index is -3.28. The van der Waals surface area contributed by atoms with Gasteiger partial charge in [0.2, 0.25) is 9.84 Å². The zero-order valence-electron chi connectivity index (χ0n) is 8.02. The van der Waals surface area contributed by atoms with Crippen LogP contribution in [0.15, 0.2) is 15.0 Å². The Morgan fingerprint density at radius 3 is 2.67 bits per heavy atom. The summed E-state index contributed by atoms with van der Waals surface area (Å²) in [5.74, 6) is 0. The number of ether oxygens (including phenoxy) is 1. The zero-order chi connectivity index (χ0) is 10.9. The molecule has 0 spiro atoms.